The predicted octanol–water partition coefficient (Wildman–Crippen LogP) is 2.65. The lowest BCUT2D eigenvalue weighted by atomic mass is 9.97. The minimum atomic E-state index is -1.01. The highest BCUT2D eigenvalue weighted by atomic mass is 35.5. The van der Waals surface area contributed by atoms with Crippen molar-refractivity contribution in [3.8, 4) is 0 Å². The standard InChI is InChI=1S/C16H22Cl2N2O3/c1-11-2-3-13(20(6-4-17)7-5-18)10-14(11)15(21)8-12(19)9-16(22)23/h2-3,10,12H,4-9,19H2,1H3,(H,22,23)/t12-/m0/s1. The van der Waals surface area contributed by atoms with E-state index >= 15 is 0 Å². The van der Waals surface area contributed by atoms with E-state index in [1.807, 2.05) is 24.0 Å². The summed E-state index contributed by atoms with van der Waals surface area (Å²) in [6, 6.07) is 4.89. The molecule has 1 aromatic carbocycles. The Morgan fingerprint density at radius 3 is 2.35 bits per heavy atom. The number of nitrogens with zero attached hydrogens (tertiary/aromatic N) is 1. The first kappa shape index (κ1) is 19.7. The first-order chi connectivity index (χ1) is 10.9. The van der Waals surface area contributed by atoms with Crippen LogP contribution < -0.4 is 10.6 Å². The highest BCUT2D eigenvalue weighted by Gasteiger charge is 2.17. The number of ketones is 1. The number of nitrogens with two attached hydrogens (primary N) is 1. The van der Waals surface area contributed by atoms with E-state index in [1.54, 1.807) is 6.07 Å². The Bertz CT molecular complexity index is 546. The quantitative estimate of drug-likeness (QED) is 0.495. The summed E-state index contributed by atoms with van der Waals surface area (Å²) < 4.78 is 0. The molecule has 0 spiro atoms. The fraction of sp³-hybridized carbons (Fsp3) is 0.500. The summed E-state index contributed by atoms with van der Waals surface area (Å²) >= 11 is 11.6. The number of Topliss-reactive ketones (excluding diaryl/α,β-unsaturated/α-hetero) is 1. The van der Waals surface area contributed by atoms with Gasteiger partial charge in [0.1, 0.15) is 0 Å². The number of rotatable bonds is 10. The van der Waals surface area contributed by atoms with Crippen LogP contribution >= 0.6 is 23.2 Å². The van der Waals surface area contributed by atoms with Gasteiger partial charge in [0.15, 0.2) is 5.78 Å². The highest BCUT2D eigenvalue weighted by Crippen LogP contribution is 2.21. The van der Waals surface area contributed by atoms with E-state index in [0.29, 0.717) is 30.4 Å². The molecule has 0 bridgehead atoms. The summed E-state index contributed by atoms with van der Waals surface area (Å²) in [5, 5.41) is 8.73. The molecule has 0 aliphatic rings. The molecule has 0 fully saturated rings. The van der Waals surface area contributed by atoms with Crippen LogP contribution in [-0.4, -0.2) is 47.8 Å². The molecule has 0 saturated carbocycles. The molecule has 0 unspecified atom stereocenters. The molecule has 5 nitrogen and oxygen atoms in total. The van der Waals surface area contributed by atoms with Crippen molar-refractivity contribution in [2.45, 2.75) is 25.8 Å². The summed E-state index contributed by atoms with van der Waals surface area (Å²) in [6.45, 7) is 3.10. The van der Waals surface area contributed by atoms with E-state index in [0.717, 1.165) is 11.3 Å². The van der Waals surface area contributed by atoms with Gasteiger partial charge in [-0.3, -0.25) is 9.59 Å². The maximum Gasteiger partial charge on any atom is 0.304 e. The second-order valence-electron chi connectivity index (χ2n) is 5.35. The molecule has 0 amide bonds. The number of aliphatic carboxylic acids is 1. The van der Waals surface area contributed by atoms with Crippen molar-refractivity contribution in [1.82, 2.24) is 0 Å². The molecule has 23 heavy (non-hydrogen) atoms. The molecule has 3 N–H and O–H groups in total. The van der Waals surface area contributed by atoms with E-state index in [2.05, 4.69) is 0 Å². The Hall–Kier alpha value is -1.30. The summed E-state index contributed by atoms with van der Waals surface area (Å²) in [6.07, 6.45) is -0.225. The maximum atomic E-state index is 12.4. The minimum absolute atomic E-state index is 0.00159. The van der Waals surface area contributed by atoms with Gasteiger partial charge in [-0.05, 0) is 24.6 Å². The first-order valence-corrected chi connectivity index (χ1v) is 8.44. The van der Waals surface area contributed by atoms with Crippen molar-refractivity contribution in [3.05, 3.63) is 29.3 Å². The number of aryl methyl sites for hydroxylation is 1. The van der Waals surface area contributed by atoms with Gasteiger partial charge in [0.2, 0.25) is 0 Å². The van der Waals surface area contributed by atoms with Crippen molar-refractivity contribution in [3.63, 3.8) is 0 Å². The number of benzene rings is 1. The fourth-order valence-corrected chi connectivity index (χ4v) is 2.73. The molecule has 0 aliphatic heterocycles. The lowest BCUT2D eigenvalue weighted by Crippen LogP contribution is -2.29. The van der Waals surface area contributed by atoms with Crippen molar-refractivity contribution < 1.29 is 14.7 Å². The summed E-state index contributed by atoms with van der Waals surface area (Å²) in [7, 11) is 0. The van der Waals surface area contributed by atoms with Crippen LogP contribution in [0.5, 0.6) is 0 Å². The van der Waals surface area contributed by atoms with E-state index in [1.165, 1.54) is 0 Å². The largest absolute Gasteiger partial charge is 0.481 e. The maximum absolute atomic E-state index is 12.4. The Morgan fingerprint density at radius 1 is 1.22 bits per heavy atom. The number of carboxylic acids is 1. The normalized spacial score (nSPS) is 12.0. The van der Waals surface area contributed by atoms with Crippen LogP contribution in [-0.2, 0) is 4.79 Å². The van der Waals surface area contributed by atoms with Crippen molar-refractivity contribution >= 4 is 40.6 Å². The Morgan fingerprint density at radius 2 is 1.83 bits per heavy atom. The van der Waals surface area contributed by atoms with E-state index in [9.17, 15) is 9.59 Å². The molecule has 7 heteroatoms. The number of hydrogen-bond donors (Lipinski definition) is 2. The molecule has 0 aliphatic carbocycles. The topological polar surface area (TPSA) is 83.6 Å². The molecule has 0 saturated heterocycles. The lowest BCUT2D eigenvalue weighted by Gasteiger charge is -2.24. The first-order valence-electron chi connectivity index (χ1n) is 7.37. The third-order valence-corrected chi connectivity index (χ3v) is 3.82. The van der Waals surface area contributed by atoms with Crippen molar-refractivity contribution in [1.29, 1.82) is 0 Å². The predicted molar refractivity (Wildman–Crippen MR) is 94.0 cm³/mol. The van der Waals surface area contributed by atoms with Gasteiger partial charge in [-0.2, -0.15) is 0 Å². The molecular formula is C16H22Cl2N2O3. The van der Waals surface area contributed by atoms with Gasteiger partial charge in [-0.25, -0.2) is 0 Å². The van der Waals surface area contributed by atoms with Crippen molar-refractivity contribution in [2.75, 3.05) is 29.7 Å². The highest BCUT2D eigenvalue weighted by molar-refractivity contribution is 6.18. The Balaban J connectivity index is 2.95. The Kier molecular flexibility index (Phi) is 8.37. The van der Waals surface area contributed by atoms with Gasteiger partial charge in [-0.15, -0.1) is 23.2 Å². The van der Waals surface area contributed by atoms with Crippen LogP contribution in [0.1, 0.15) is 28.8 Å². The minimum Gasteiger partial charge on any atom is -0.481 e. The van der Waals surface area contributed by atoms with E-state index < -0.39 is 12.0 Å². The number of carbonyl (C=O) groups is 2. The zero-order chi connectivity index (χ0) is 17.4. The number of hydrogen-bond acceptors (Lipinski definition) is 4. The van der Waals surface area contributed by atoms with Crippen LogP contribution in [0.4, 0.5) is 5.69 Å². The molecule has 128 valence electrons. The van der Waals surface area contributed by atoms with Crippen molar-refractivity contribution in [2.24, 2.45) is 5.73 Å². The van der Waals surface area contributed by atoms with Gasteiger partial charge in [0.25, 0.3) is 0 Å². The van der Waals surface area contributed by atoms with Gasteiger partial charge in [0.05, 0.1) is 6.42 Å². The number of halogens is 2. The van der Waals surface area contributed by atoms with Crippen LogP contribution in [0.25, 0.3) is 0 Å². The lowest BCUT2D eigenvalue weighted by molar-refractivity contribution is -0.137. The number of carboxylic acid groups (broad SMARTS) is 1. The monoisotopic (exact) mass is 360 g/mol. The van der Waals surface area contributed by atoms with E-state index in [4.69, 9.17) is 34.0 Å². The van der Waals surface area contributed by atoms with Gasteiger partial charge in [0, 0.05) is 48.6 Å². The molecule has 0 heterocycles. The van der Waals surface area contributed by atoms with Crippen LogP contribution in [0.3, 0.4) is 0 Å². The molecule has 1 aromatic rings. The molecule has 0 radical (unpaired) electrons. The summed E-state index contributed by atoms with van der Waals surface area (Å²) in [5.74, 6) is -0.254. The summed E-state index contributed by atoms with van der Waals surface area (Å²) in [5.41, 5.74) is 7.96. The number of carbonyl (C=O) groups excluding carboxylic acids is 1. The summed E-state index contributed by atoms with van der Waals surface area (Å²) in [4.78, 5) is 25.1. The van der Waals surface area contributed by atoms with Gasteiger partial charge >= 0.3 is 5.97 Å². The molecule has 0 aromatic heterocycles. The SMILES string of the molecule is Cc1ccc(N(CCCl)CCCl)cc1C(=O)C[C@H](N)CC(=O)O. The zero-order valence-corrected chi connectivity index (χ0v) is 14.6. The van der Waals surface area contributed by atoms with E-state index in [-0.39, 0.29) is 18.6 Å². The second-order valence-corrected chi connectivity index (χ2v) is 6.11. The third kappa shape index (κ3) is 6.37. The molecular weight excluding hydrogens is 339 g/mol. The average molecular weight is 361 g/mol. The van der Waals surface area contributed by atoms with Crippen LogP contribution in [0, 0.1) is 6.92 Å². The Labute approximate surface area is 146 Å². The number of anilines is 1. The second kappa shape index (κ2) is 9.75. The fourth-order valence-electron chi connectivity index (χ4n) is 2.33. The average Bonchev–Trinajstić information content (AvgIpc) is 2.46. The third-order valence-electron chi connectivity index (χ3n) is 3.48. The smallest absolute Gasteiger partial charge is 0.304 e. The van der Waals surface area contributed by atoms with Gasteiger partial charge in [-0.1, -0.05) is 6.07 Å². The number of alkyl halides is 2. The zero-order valence-electron chi connectivity index (χ0n) is 13.1. The molecule has 1 atom stereocenters. The van der Waals surface area contributed by atoms with Gasteiger partial charge < -0.3 is 15.7 Å². The van der Waals surface area contributed by atoms with Crippen LogP contribution in [0.2, 0.25) is 0 Å². The molecule has 1 rings (SSSR count). The van der Waals surface area contributed by atoms with Crippen LogP contribution in [0.15, 0.2) is 18.2 Å².